The Bertz CT molecular complexity index is 1960. The van der Waals surface area contributed by atoms with Gasteiger partial charge in [0.1, 0.15) is 6.10 Å². The quantitative estimate of drug-likeness (QED) is 0.137. The van der Waals surface area contributed by atoms with Crippen LogP contribution >= 0.6 is 11.8 Å². The predicted molar refractivity (Wildman–Crippen MR) is 234 cm³/mol. The molecule has 0 radical (unpaired) electrons. The molecule has 0 N–H and O–H groups in total. The van der Waals surface area contributed by atoms with Gasteiger partial charge in [-0.1, -0.05) is 159 Å². The summed E-state index contributed by atoms with van der Waals surface area (Å²) in [6.45, 7) is 12.0. The first-order chi connectivity index (χ1) is 27.2. The van der Waals surface area contributed by atoms with E-state index < -0.39 is 0 Å². The molecule has 8 rings (SSSR count). The minimum Gasteiger partial charge on any atom is -0.365 e. The van der Waals surface area contributed by atoms with E-state index in [1.165, 1.54) is 69.1 Å². The lowest BCUT2D eigenvalue weighted by Gasteiger charge is -2.34. The van der Waals surface area contributed by atoms with Crippen molar-refractivity contribution in [2.24, 2.45) is 0 Å². The van der Waals surface area contributed by atoms with Crippen molar-refractivity contribution in [3.63, 3.8) is 0 Å². The summed E-state index contributed by atoms with van der Waals surface area (Å²) in [5.41, 5.74) is 10.6. The van der Waals surface area contributed by atoms with E-state index >= 15 is 0 Å². The Morgan fingerprint density at radius 3 is 1.75 bits per heavy atom. The molecule has 5 heteroatoms. The molecule has 0 unspecified atom stereocenters. The first kappa shape index (κ1) is 40.0. The summed E-state index contributed by atoms with van der Waals surface area (Å²) >= 11 is 1.91. The number of fused-ring (bicyclic) bond motifs is 2. The van der Waals surface area contributed by atoms with Crippen molar-refractivity contribution < 1.29 is 9.53 Å². The summed E-state index contributed by atoms with van der Waals surface area (Å²) in [4.78, 5) is 20.4. The second-order valence-corrected chi connectivity index (χ2v) is 17.7. The molecule has 0 aromatic heterocycles. The van der Waals surface area contributed by atoms with Gasteiger partial charge in [-0.2, -0.15) is 0 Å². The summed E-state index contributed by atoms with van der Waals surface area (Å²) in [5.74, 6) is 0.247. The van der Waals surface area contributed by atoms with E-state index in [4.69, 9.17) is 4.74 Å². The lowest BCUT2D eigenvalue weighted by Crippen LogP contribution is -2.38. The van der Waals surface area contributed by atoms with Gasteiger partial charge in [0.2, 0.25) is 0 Å². The maximum Gasteiger partial charge on any atom is 0.162 e. The molecule has 0 spiro atoms. The van der Waals surface area contributed by atoms with Crippen LogP contribution in [0.5, 0.6) is 0 Å². The zero-order valence-electron chi connectivity index (χ0n) is 33.8. The Labute approximate surface area is 340 Å². The minimum absolute atomic E-state index is 0.0313. The fourth-order valence-corrected chi connectivity index (χ4v) is 9.23. The second kappa shape index (κ2) is 18.8. The van der Waals surface area contributed by atoms with Crippen LogP contribution in [0.25, 0.3) is 5.57 Å². The van der Waals surface area contributed by atoms with Crippen molar-refractivity contribution in [2.75, 3.05) is 39.8 Å². The topological polar surface area (TPSA) is 32.8 Å². The smallest absolute Gasteiger partial charge is 0.162 e. The van der Waals surface area contributed by atoms with E-state index in [2.05, 4.69) is 159 Å². The number of hydrogen-bond acceptors (Lipinski definition) is 5. The first-order valence-corrected chi connectivity index (χ1v) is 21.4. The summed E-state index contributed by atoms with van der Waals surface area (Å²) in [6.07, 6.45) is 6.17. The molecule has 3 heterocycles. The predicted octanol–water partition coefficient (Wildman–Crippen LogP) is 11.9. The van der Waals surface area contributed by atoms with Crippen molar-refractivity contribution in [3.05, 3.63) is 172 Å². The summed E-state index contributed by atoms with van der Waals surface area (Å²) in [6, 6.07) is 46.9. The highest BCUT2D eigenvalue weighted by atomic mass is 32.2. The molecule has 5 aromatic rings. The SMILES string of the molecule is CC(C)(C)c1ccc(C(=O)CCCN2CCC(OC(c3ccccc3)c3ccccc3)CC2)cc1.CN1CCC(=C2c3ccccc3Sc3ccccc32)CC1. The fraction of sp³-hybridized carbons (Fsp3) is 0.353. The minimum atomic E-state index is -0.0313. The second-order valence-electron chi connectivity index (χ2n) is 16.6. The van der Waals surface area contributed by atoms with Gasteiger partial charge >= 0.3 is 0 Å². The largest absolute Gasteiger partial charge is 0.365 e. The Hall–Kier alpha value is -4.26. The number of carbonyl (C=O) groups excluding carboxylic acids is 1. The Morgan fingerprint density at radius 1 is 0.696 bits per heavy atom. The molecule has 0 saturated carbocycles. The Kier molecular flexibility index (Phi) is 13.4. The molecule has 2 saturated heterocycles. The average Bonchev–Trinajstić information content (AvgIpc) is 3.23. The molecular weight excluding hydrogens is 705 g/mol. The number of rotatable bonds is 9. The van der Waals surface area contributed by atoms with Crippen LogP contribution in [0.2, 0.25) is 0 Å². The van der Waals surface area contributed by atoms with E-state index in [0.29, 0.717) is 6.42 Å². The van der Waals surface area contributed by atoms with Crippen molar-refractivity contribution in [2.45, 2.75) is 86.7 Å². The van der Waals surface area contributed by atoms with Gasteiger partial charge in [0.05, 0.1) is 6.10 Å². The van der Waals surface area contributed by atoms with Crippen molar-refractivity contribution in [3.8, 4) is 0 Å². The normalized spacial score (nSPS) is 16.5. The maximum absolute atomic E-state index is 12.7. The lowest BCUT2D eigenvalue weighted by molar-refractivity contribution is -0.0270. The van der Waals surface area contributed by atoms with Gasteiger partial charge in [-0.05, 0) is 96.6 Å². The number of likely N-dealkylation sites (tertiary alicyclic amines) is 2. The number of nitrogens with zero attached hydrogens (tertiary/aromatic N) is 2. The van der Waals surface area contributed by atoms with Crippen LogP contribution in [0.3, 0.4) is 0 Å². The van der Waals surface area contributed by atoms with E-state index in [9.17, 15) is 4.79 Å². The van der Waals surface area contributed by atoms with E-state index in [1.54, 1.807) is 5.57 Å². The van der Waals surface area contributed by atoms with Gasteiger partial charge in [0, 0.05) is 48.0 Å². The highest BCUT2D eigenvalue weighted by molar-refractivity contribution is 7.99. The van der Waals surface area contributed by atoms with Gasteiger partial charge in [0.25, 0.3) is 0 Å². The van der Waals surface area contributed by atoms with Crippen LogP contribution in [-0.4, -0.2) is 61.5 Å². The number of carbonyl (C=O) groups is 1. The van der Waals surface area contributed by atoms with Crippen LogP contribution in [0.15, 0.2) is 149 Å². The van der Waals surface area contributed by atoms with Gasteiger partial charge in [0.15, 0.2) is 5.78 Å². The molecule has 0 aliphatic carbocycles. The van der Waals surface area contributed by atoms with Crippen LogP contribution in [0, 0.1) is 0 Å². The Morgan fingerprint density at radius 2 is 1.21 bits per heavy atom. The first-order valence-electron chi connectivity index (χ1n) is 20.6. The number of ketones is 1. The number of Topliss-reactive ketones (excluding diaryl/α,β-unsaturated/α-hetero) is 1. The maximum atomic E-state index is 12.7. The lowest BCUT2D eigenvalue weighted by atomic mass is 9.86. The molecule has 3 aliphatic rings. The molecule has 0 atom stereocenters. The van der Waals surface area contributed by atoms with Crippen LogP contribution in [-0.2, 0) is 10.2 Å². The number of benzene rings is 5. The van der Waals surface area contributed by atoms with Crippen LogP contribution in [0.1, 0.15) is 104 Å². The van der Waals surface area contributed by atoms with Crippen molar-refractivity contribution in [1.82, 2.24) is 9.80 Å². The van der Waals surface area contributed by atoms with E-state index in [1.807, 2.05) is 23.9 Å². The number of ether oxygens (including phenoxy) is 1. The zero-order valence-corrected chi connectivity index (χ0v) is 34.6. The van der Waals surface area contributed by atoms with Crippen LogP contribution in [0.4, 0.5) is 0 Å². The molecular formula is C51H58N2O2S. The van der Waals surface area contributed by atoms with Crippen molar-refractivity contribution >= 4 is 23.1 Å². The monoisotopic (exact) mass is 762 g/mol. The number of hydrogen-bond donors (Lipinski definition) is 0. The molecule has 4 nitrogen and oxygen atoms in total. The summed E-state index contributed by atoms with van der Waals surface area (Å²) < 4.78 is 6.67. The molecule has 5 aromatic carbocycles. The molecule has 290 valence electrons. The standard InChI is InChI=1S/C32H39NO2.C19H19NS/c1-32(2,3)28-18-16-25(17-19-28)30(34)15-10-22-33-23-20-29(21-24-33)35-31(26-11-6-4-7-12-26)27-13-8-5-9-14-27;1-20-12-10-14(11-13-20)19-15-6-2-4-8-17(15)21-18-9-5-3-7-16(18)19/h4-9,11-14,16-19,29,31H,10,15,20-24H2,1-3H3;2-9H,10-13H2,1H3. The fourth-order valence-electron chi connectivity index (χ4n) is 8.14. The highest BCUT2D eigenvalue weighted by Crippen LogP contribution is 2.47. The zero-order chi connectivity index (χ0) is 38.9. The number of piperidine rings is 2. The molecule has 0 bridgehead atoms. The summed E-state index contributed by atoms with van der Waals surface area (Å²) in [5, 5.41) is 0. The van der Waals surface area contributed by atoms with E-state index in [0.717, 1.165) is 44.5 Å². The third kappa shape index (κ3) is 10.2. The van der Waals surface area contributed by atoms with Crippen molar-refractivity contribution in [1.29, 1.82) is 0 Å². The molecule has 3 aliphatic heterocycles. The van der Waals surface area contributed by atoms with E-state index in [-0.39, 0.29) is 23.4 Å². The van der Waals surface area contributed by atoms with Gasteiger partial charge in [-0.3, -0.25) is 4.79 Å². The average molecular weight is 763 g/mol. The highest BCUT2D eigenvalue weighted by Gasteiger charge is 2.26. The third-order valence-electron chi connectivity index (χ3n) is 11.5. The third-order valence-corrected chi connectivity index (χ3v) is 12.6. The summed E-state index contributed by atoms with van der Waals surface area (Å²) in [7, 11) is 2.22. The van der Waals surface area contributed by atoms with Gasteiger partial charge < -0.3 is 14.5 Å². The van der Waals surface area contributed by atoms with Gasteiger partial charge in [-0.15, -0.1) is 0 Å². The van der Waals surface area contributed by atoms with Crippen LogP contribution < -0.4 is 0 Å². The van der Waals surface area contributed by atoms with Gasteiger partial charge in [-0.25, -0.2) is 0 Å². The Balaban J connectivity index is 0.000000193. The molecule has 0 amide bonds. The molecule has 2 fully saturated rings. The molecule has 56 heavy (non-hydrogen) atoms.